The number of alkyl halides is 1. The lowest BCUT2D eigenvalue weighted by Crippen LogP contribution is -2.32. The number of nitrogens with zero attached hydrogens (tertiary/aromatic N) is 3. The highest BCUT2D eigenvalue weighted by Gasteiger charge is 2.15. The maximum absolute atomic E-state index is 10.8. The van der Waals surface area contributed by atoms with Crippen molar-refractivity contribution in [1.29, 1.82) is 0 Å². The molecular weight excluding hydrogens is 278 g/mol. The van der Waals surface area contributed by atoms with Crippen LogP contribution in [0.1, 0.15) is 18.9 Å². The van der Waals surface area contributed by atoms with Crippen LogP contribution in [0.4, 0.5) is 11.4 Å². The van der Waals surface area contributed by atoms with Gasteiger partial charge in [0, 0.05) is 43.3 Å². The maximum atomic E-state index is 10.8. The first-order valence-corrected chi connectivity index (χ1v) is 7.26. The van der Waals surface area contributed by atoms with Gasteiger partial charge in [0.25, 0.3) is 5.69 Å². The Morgan fingerprint density at radius 1 is 1.25 bits per heavy atom. The van der Waals surface area contributed by atoms with Gasteiger partial charge >= 0.3 is 0 Å². The van der Waals surface area contributed by atoms with Crippen LogP contribution in [0.3, 0.4) is 0 Å². The molecule has 0 fully saturated rings. The van der Waals surface area contributed by atoms with Crippen molar-refractivity contribution in [1.82, 2.24) is 4.90 Å². The van der Waals surface area contributed by atoms with Crippen LogP contribution in [-0.4, -0.2) is 43.6 Å². The lowest BCUT2D eigenvalue weighted by atomic mass is 10.1. The Morgan fingerprint density at radius 2 is 1.95 bits per heavy atom. The molecule has 0 unspecified atom stereocenters. The number of rotatable bonds is 8. The Hall–Kier alpha value is -1.33. The van der Waals surface area contributed by atoms with Gasteiger partial charge in [-0.25, -0.2) is 0 Å². The van der Waals surface area contributed by atoms with Gasteiger partial charge in [-0.2, -0.15) is 0 Å². The Labute approximate surface area is 125 Å². The first-order valence-electron chi connectivity index (χ1n) is 6.72. The van der Waals surface area contributed by atoms with Crippen molar-refractivity contribution in [3.63, 3.8) is 0 Å². The van der Waals surface area contributed by atoms with Crippen molar-refractivity contribution in [2.24, 2.45) is 0 Å². The third-order valence-corrected chi connectivity index (χ3v) is 3.36. The predicted molar refractivity (Wildman–Crippen MR) is 83.7 cm³/mol. The van der Waals surface area contributed by atoms with Gasteiger partial charge in [0.15, 0.2) is 0 Å². The number of likely N-dealkylation sites (N-methyl/N-ethyl adjacent to an activating group) is 1. The summed E-state index contributed by atoms with van der Waals surface area (Å²) in [6.45, 7) is 4.84. The minimum absolute atomic E-state index is 0.0912. The summed E-state index contributed by atoms with van der Waals surface area (Å²) in [7, 11) is 4.06. The molecular formula is C14H22ClN3O2. The van der Waals surface area contributed by atoms with E-state index < -0.39 is 0 Å². The summed E-state index contributed by atoms with van der Waals surface area (Å²) in [5.74, 6) is 0.277. The van der Waals surface area contributed by atoms with Crippen LogP contribution in [0.25, 0.3) is 0 Å². The van der Waals surface area contributed by atoms with Gasteiger partial charge in [-0.15, -0.1) is 11.6 Å². The molecule has 1 rings (SSSR count). The minimum Gasteiger partial charge on any atom is -0.370 e. The molecule has 0 aliphatic heterocycles. The molecule has 1 aromatic carbocycles. The zero-order valence-corrected chi connectivity index (χ0v) is 13.1. The van der Waals surface area contributed by atoms with E-state index in [0.29, 0.717) is 0 Å². The Morgan fingerprint density at radius 3 is 2.45 bits per heavy atom. The summed E-state index contributed by atoms with van der Waals surface area (Å²) in [5.41, 5.74) is 1.90. The van der Waals surface area contributed by atoms with Crippen molar-refractivity contribution in [3.8, 4) is 0 Å². The molecule has 0 saturated carbocycles. The molecule has 0 aromatic heterocycles. The van der Waals surface area contributed by atoms with Crippen molar-refractivity contribution in [2.75, 3.05) is 38.6 Å². The van der Waals surface area contributed by atoms with E-state index in [1.165, 1.54) is 0 Å². The van der Waals surface area contributed by atoms with Gasteiger partial charge in [0.2, 0.25) is 0 Å². The van der Waals surface area contributed by atoms with Crippen LogP contribution in [0.15, 0.2) is 18.2 Å². The highest BCUT2D eigenvalue weighted by Crippen LogP contribution is 2.27. The Kier molecular flexibility index (Phi) is 6.75. The van der Waals surface area contributed by atoms with Crippen molar-refractivity contribution < 1.29 is 4.92 Å². The fraction of sp³-hybridized carbons (Fsp3) is 0.571. The lowest BCUT2D eigenvalue weighted by molar-refractivity contribution is -0.384. The van der Waals surface area contributed by atoms with Gasteiger partial charge in [-0.3, -0.25) is 10.1 Å². The average molecular weight is 300 g/mol. The number of nitro groups is 1. The van der Waals surface area contributed by atoms with E-state index in [-0.39, 0.29) is 16.5 Å². The van der Waals surface area contributed by atoms with E-state index >= 15 is 0 Å². The van der Waals surface area contributed by atoms with Crippen LogP contribution >= 0.6 is 11.6 Å². The van der Waals surface area contributed by atoms with E-state index in [9.17, 15) is 10.1 Å². The summed E-state index contributed by atoms with van der Waals surface area (Å²) in [6.07, 6.45) is 1.02. The molecule has 0 heterocycles. The molecule has 20 heavy (non-hydrogen) atoms. The number of benzene rings is 1. The molecule has 0 bridgehead atoms. The van der Waals surface area contributed by atoms with Crippen molar-refractivity contribution in [3.05, 3.63) is 33.9 Å². The van der Waals surface area contributed by atoms with Gasteiger partial charge < -0.3 is 9.80 Å². The topological polar surface area (TPSA) is 49.6 Å². The van der Waals surface area contributed by atoms with E-state index in [4.69, 9.17) is 11.6 Å². The molecule has 6 heteroatoms. The Balaban J connectivity index is 3.02. The molecule has 0 atom stereocenters. The molecule has 0 aliphatic carbocycles. The number of nitro benzene ring substituents is 1. The van der Waals surface area contributed by atoms with Crippen LogP contribution in [0.5, 0.6) is 0 Å². The third-order valence-electron chi connectivity index (χ3n) is 3.07. The van der Waals surface area contributed by atoms with Gasteiger partial charge in [0.1, 0.15) is 0 Å². The number of hydrogen-bond donors (Lipinski definition) is 0. The summed E-state index contributed by atoms with van der Waals surface area (Å²) in [4.78, 5) is 14.8. The van der Waals surface area contributed by atoms with E-state index in [0.717, 1.165) is 37.3 Å². The SMILES string of the molecule is CCCN(CCN(C)C)c1ccc([N+](=O)[O-])cc1CCl. The largest absolute Gasteiger partial charge is 0.370 e. The zero-order valence-electron chi connectivity index (χ0n) is 12.3. The summed E-state index contributed by atoms with van der Waals surface area (Å²) in [5, 5.41) is 10.8. The second-order valence-corrected chi connectivity index (χ2v) is 5.26. The third kappa shape index (κ3) is 4.65. The molecule has 112 valence electrons. The van der Waals surface area contributed by atoms with Gasteiger partial charge in [0.05, 0.1) is 4.92 Å². The molecule has 0 spiro atoms. The summed E-state index contributed by atoms with van der Waals surface area (Å²) >= 11 is 5.96. The molecule has 0 amide bonds. The normalized spacial score (nSPS) is 10.8. The van der Waals surface area contributed by atoms with Crippen LogP contribution in [0.2, 0.25) is 0 Å². The van der Waals surface area contributed by atoms with Gasteiger partial charge in [-0.1, -0.05) is 6.92 Å². The fourth-order valence-electron chi connectivity index (χ4n) is 2.04. The molecule has 0 aliphatic rings. The first kappa shape index (κ1) is 16.7. The average Bonchev–Trinajstić information content (AvgIpc) is 2.42. The van der Waals surface area contributed by atoms with Crippen LogP contribution in [0, 0.1) is 10.1 Å². The second-order valence-electron chi connectivity index (χ2n) is 4.99. The van der Waals surface area contributed by atoms with Gasteiger partial charge in [-0.05, 0) is 32.1 Å². The highest BCUT2D eigenvalue weighted by atomic mass is 35.5. The highest BCUT2D eigenvalue weighted by molar-refractivity contribution is 6.17. The summed E-state index contributed by atoms with van der Waals surface area (Å²) < 4.78 is 0. The molecule has 1 aromatic rings. The molecule has 0 N–H and O–H groups in total. The van der Waals surface area contributed by atoms with E-state index in [1.807, 2.05) is 14.1 Å². The predicted octanol–water partition coefficient (Wildman–Crippen LogP) is 3.11. The number of hydrogen-bond acceptors (Lipinski definition) is 4. The monoisotopic (exact) mass is 299 g/mol. The van der Waals surface area contributed by atoms with Crippen LogP contribution < -0.4 is 4.90 Å². The first-order chi connectivity index (χ1) is 9.49. The number of non-ortho nitro benzene ring substituents is 1. The minimum atomic E-state index is -0.385. The molecule has 0 saturated heterocycles. The van der Waals surface area contributed by atoms with E-state index in [1.54, 1.807) is 18.2 Å². The second kappa shape index (κ2) is 8.07. The zero-order chi connectivity index (χ0) is 15.1. The smallest absolute Gasteiger partial charge is 0.269 e. The maximum Gasteiger partial charge on any atom is 0.269 e. The van der Waals surface area contributed by atoms with Crippen LogP contribution in [-0.2, 0) is 5.88 Å². The quantitative estimate of drug-likeness (QED) is 0.420. The standard InChI is InChI=1S/C14H22ClN3O2/c1-4-7-17(9-8-16(2)3)14-6-5-13(18(19)20)10-12(14)11-15/h5-6,10H,4,7-9,11H2,1-3H3. The fourth-order valence-corrected chi connectivity index (χ4v) is 2.26. The van der Waals surface area contributed by atoms with Crippen molar-refractivity contribution >= 4 is 23.0 Å². The molecule has 0 radical (unpaired) electrons. The number of anilines is 1. The van der Waals surface area contributed by atoms with Crippen molar-refractivity contribution in [2.45, 2.75) is 19.2 Å². The molecule has 5 nitrogen and oxygen atoms in total. The lowest BCUT2D eigenvalue weighted by Gasteiger charge is -2.27. The Bertz CT molecular complexity index is 452. The summed E-state index contributed by atoms with van der Waals surface area (Å²) in [6, 6.07) is 4.92. The number of halogens is 1. The van der Waals surface area contributed by atoms with E-state index in [2.05, 4.69) is 16.7 Å².